The van der Waals surface area contributed by atoms with Gasteiger partial charge in [-0.3, -0.25) is 19.2 Å². The Balaban J connectivity index is 3.10. The molecular weight excluding hydrogens is 364 g/mol. The molecule has 0 bridgehead atoms. The Labute approximate surface area is 165 Å². The topological polar surface area (TPSA) is 111 Å². The van der Waals surface area contributed by atoms with Gasteiger partial charge in [-0.1, -0.05) is 0 Å². The summed E-state index contributed by atoms with van der Waals surface area (Å²) >= 11 is 0. The molecule has 2 amide bonds. The highest BCUT2D eigenvalue weighted by atomic mass is 16.6. The van der Waals surface area contributed by atoms with E-state index >= 15 is 0 Å². The Kier molecular flexibility index (Phi) is 8.16. The summed E-state index contributed by atoms with van der Waals surface area (Å²) in [5, 5.41) is 5.50. The number of carbonyl (C=O) groups excluding carboxylic acids is 4. The molecule has 0 aliphatic carbocycles. The second-order valence-electron chi connectivity index (χ2n) is 6.68. The molecule has 2 N–H and O–H groups in total. The van der Waals surface area contributed by atoms with E-state index < -0.39 is 18.0 Å². The van der Waals surface area contributed by atoms with Crippen LogP contribution in [-0.2, 0) is 23.9 Å². The first-order valence-electron chi connectivity index (χ1n) is 8.92. The van der Waals surface area contributed by atoms with Crippen molar-refractivity contribution in [2.24, 2.45) is 0 Å². The first kappa shape index (κ1) is 23.1. The lowest BCUT2D eigenvalue weighted by Crippen LogP contribution is -2.38. The second kappa shape index (κ2) is 9.87. The summed E-state index contributed by atoms with van der Waals surface area (Å²) in [6.45, 7) is 11.1. The quantitative estimate of drug-likeness (QED) is 0.688. The van der Waals surface area contributed by atoms with Crippen LogP contribution in [0.5, 0.6) is 0 Å². The fourth-order valence-corrected chi connectivity index (χ4v) is 2.92. The Morgan fingerprint density at radius 1 is 0.857 bits per heavy atom. The largest absolute Gasteiger partial charge is 0.462 e. The van der Waals surface area contributed by atoms with E-state index in [-0.39, 0.29) is 25.0 Å². The lowest BCUT2D eigenvalue weighted by Gasteiger charge is -2.21. The summed E-state index contributed by atoms with van der Waals surface area (Å²) in [4.78, 5) is 46.6. The van der Waals surface area contributed by atoms with Crippen LogP contribution in [0.2, 0.25) is 0 Å². The fraction of sp³-hybridized carbons (Fsp3) is 0.500. The molecule has 0 radical (unpaired) electrons. The number of nitrogens with one attached hydrogen (secondary N) is 2. The highest BCUT2D eigenvalue weighted by molar-refractivity contribution is 6.01. The smallest absolute Gasteiger partial charge is 0.303 e. The van der Waals surface area contributed by atoms with E-state index in [1.165, 1.54) is 20.8 Å². The summed E-state index contributed by atoms with van der Waals surface area (Å²) in [7, 11) is 0. The summed E-state index contributed by atoms with van der Waals surface area (Å²) < 4.78 is 9.95. The molecule has 0 saturated carbocycles. The Hall–Kier alpha value is -2.90. The zero-order chi connectivity index (χ0) is 21.6. The van der Waals surface area contributed by atoms with Gasteiger partial charge in [0.25, 0.3) is 5.91 Å². The van der Waals surface area contributed by atoms with Crippen LogP contribution in [0.1, 0.15) is 53.4 Å². The van der Waals surface area contributed by atoms with Crippen LogP contribution in [0.4, 0.5) is 5.69 Å². The predicted molar refractivity (Wildman–Crippen MR) is 104 cm³/mol. The maximum Gasteiger partial charge on any atom is 0.303 e. The number of carbonyl (C=O) groups is 4. The van der Waals surface area contributed by atoms with Gasteiger partial charge in [0.1, 0.15) is 6.61 Å². The lowest BCUT2D eigenvalue weighted by molar-refractivity contribution is -0.155. The maximum absolute atomic E-state index is 12.8. The third kappa shape index (κ3) is 6.07. The van der Waals surface area contributed by atoms with Gasteiger partial charge in [-0.05, 0) is 49.9 Å². The molecule has 154 valence electrons. The van der Waals surface area contributed by atoms with E-state index in [1.807, 2.05) is 20.8 Å². The van der Waals surface area contributed by atoms with E-state index in [0.717, 1.165) is 16.7 Å². The van der Waals surface area contributed by atoms with Gasteiger partial charge >= 0.3 is 11.9 Å². The summed E-state index contributed by atoms with van der Waals surface area (Å²) in [6.07, 6.45) is -0.799. The molecule has 1 aromatic carbocycles. The maximum atomic E-state index is 12.8. The zero-order valence-corrected chi connectivity index (χ0v) is 17.4. The van der Waals surface area contributed by atoms with Gasteiger partial charge in [-0.2, -0.15) is 0 Å². The van der Waals surface area contributed by atoms with E-state index in [4.69, 9.17) is 9.47 Å². The van der Waals surface area contributed by atoms with Crippen molar-refractivity contribution in [2.75, 3.05) is 18.5 Å². The molecule has 0 fully saturated rings. The normalized spacial score (nSPS) is 11.4. The van der Waals surface area contributed by atoms with Crippen molar-refractivity contribution in [3.05, 3.63) is 27.8 Å². The van der Waals surface area contributed by atoms with Gasteiger partial charge in [0.2, 0.25) is 5.91 Å². The molecule has 0 spiro atoms. The molecule has 0 saturated heterocycles. The van der Waals surface area contributed by atoms with Crippen molar-refractivity contribution in [1.82, 2.24) is 5.32 Å². The molecular formula is C20H28N2O6. The van der Waals surface area contributed by atoms with Gasteiger partial charge in [0, 0.05) is 32.0 Å². The molecule has 8 heteroatoms. The number of hydrogen-bond acceptors (Lipinski definition) is 6. The molecule has 0 aliphatic rings. The van der Waals surface area contributed by atoms with Gasteiger partial charge in [0.05, 0.1) is 6.54 Å². The Morgan fingerprint density at radius 2 is 1.46 bits per heavy atom. The minimum Gasteiger partial charge on any atom is -0.462 e. The van der Waals surface area contributed by atoms with E-state index in [1.54, 1.807) is 6.92 Å². The van der Waals surface area contributed by atoms with Crippen LogP contribution in [0.15, 0.2) is 0 Å². The van der Waals surface area contributed by atoms with Crippen LogP contribution < -0.4 is 10.6 Å². The molecule has 0 aromatic heterocycles. The van der Waals surface area contributed by atoms with Crippen molar-refractivity contribution in [3.8, 4) is 0 Å². The lowest BCUT2D eigenvalue weighted by atomic mass is 9.91. The number of hydrogen-bond donors (Lipinski definition) is 2. The van der Waals surface area contributed by atoms with Gasteiger partial charge in [-0.25, -0.2) is 0 Å². The summed E-state index contributed by atoms with van der Waals surface area (Å²) in [6, 6.07) is 0. The van der Waals surface area contributed by atoms with Gasteiger partial charge in [-0.15, -0.1) is 0 Å². The highest BCUT2D eigenvalue weighted by Gasteiger charge is 2.22. The zero-order valence-electron chi connectivity index (χ0n) is 17.4. The number of ether oxygens (including phenoxy) is 2. The van der Waals surface area contributed by atoms with Crippen LogP contribution in [0.3, 0.4) is 0 Å². The third-order valence-corrected chi connectivity index (χ3v) is 4.45. The first-order chi connectivity index (χ1) is 13.0. The first-order valence-corrected chi connectivity index (χ1v) is 8.92. The number of esters is 2. The summed E-state index contributed by atoms with van der Waals surface area (Å²) in [5.41, 5.74) is 4.30. The molecule has 28 heavy (non-hydrogen) atoms. The van der Waals surface area contributed by atoms with Crippen LogP contribution in [-0.4, -0.2) is 43.0 Å². The SMILES string of the molecule is CC(=O)Nc1c(C)c(C)c(C)c(C(=O)NCC(COC(C)=O)OC(C)=O)c1C. The van der Waals surface area contributed by atoms with Crippen molar-refractivity contribution in [2.45, 2.75) is 54.6 Å². The Morgan fingerprint density at radius 3 is 1.96 bits per heavy atom. The van der Waals surface area contributed by atoms with Crippen LogP contribution in [0.25, 0.3) is 0 Å². The van der Waals surface area contributed by atoms with Crippen LogP contribution in [0, 0.1) is 27.7 Å². The summed E-state index contributed by atoms with van der Waals surface area (Å²) in [5.74, 6) is -1.65. The second-order valence-corrected chi connectivity index (χ2v) is 6.68. The minimum absolute atomic E-state index is 0.0209. The standard InChI is InChI=1S/C20H28N2O6/c1-10-11(2)18(13(4)19(12(10)3)22-14(5)23)20(26)21-8-17(28-16(7)25)9-27-15(6)24/h17H,8-9H2,1-7H3,(H,21,26)(H,22,23). The Bertz CT molecular complexity index is 801. The number of benzene rings is 1. The minimum atomic E-state index is -0.799. The molecule has 1 atom stereocenters. The monoisotopic (exact) mass is 392 g/mol. The third-order valence-electron chi connectivity index (χ3n) is 4.45. The van der Waals surface area contributed by atoms with Crippen molar-refractivity contribution in [1.29, 1.82) is 0 Å². The fourth-order valence-electron chi connectivity index (χ4n) is 2.92. The molecule has 0 aliphatic heterocycles. The predicted octanol–water partition coefficient (Wildman–Crippen LogP) is 2.10. The number of rotatable bonds is 7. The van der Waals surface area contributed by atoms with E-state index in [0.29, 0.717) is 16.8 Å². The van der Waals surface area contributed by atoms with E-state index in [9.17, 15) is 19.2 Å². The molecule has 1 aromatic rings. The molecule has 8 nitrogen and oxygen atoms in total. The van der Waals surface area contributed by atoms with Crippen LogP contribution >= 0.6 is 0 Å². The van der Waals surface area contributed by atoms with Crippen molar-refractivity contribution >= 4 is 29.4 Å². The molecule has 0 heterocycles. The molecule has 1 unspecified atom stereocenters. The van der Waals surface area contributed by atoms with Crippen molar-refractivity contribution < 1.29 is 28.7 Å². The number of anilines is 1. The highest BCUT2D eigenvalue weighted by Crippen LogP contribution is 2.30. The average Bonchev–Trinajstić information content (AvgIpc) is 2.58. The average molecular weight is 392 g/mol. The van der Waals surface area contributed by atoms with Crippen molar-refractivity contribution in [3.63, 3.8) is 0 Å². The van der Waals surface area contributed by atoms with Gasteiger partial charge in [0.15, 0.2) is 6.10 Å². The van der Waals surface area contributed by atoms with E-state index in [2.05, 4.69) is 10.6 Å². The number of amides is 2. The molecule has 1 rings (SSSR count). The van der Waals surface area contributed by atoms with Gasteiger partial charge < -0.3 is 20.1 Å².